The van der Waals surface area contributed by atoms with Crippen molar-refractivity contribution >= 4 is 5.91 Å². The molecular formula is C25H25NO. The first-order chi connectivity index (χ1) is 13.3. The number of carbonyl (C=O) groups excluding carboxylic acids is 1. The molecule has 0 aliphatic carbocycles. The van der Waals surface area contributed by atoms with Gasteiger partial charge in [-0.05, 0) is 23.1 Å². The molecule has 1 fully saturated rings. The van der Waals surface area contributed by atoms with Gasteiger partial charge in [-0.15, -0.1) is 0 Å². The summed E-state index contributed by atoms with van der Waals surface area (Å²) in [5, 5.41) is 0. The van der Waals surface area contributed by atoms with Crippen LogP contribution in [0.3, 0.4) is 0 Å². The molecule has 0 N–H and O–H groups in total. The highest BCUT2D eigenvalue weighted by Crippen LogP contribution is 2.32. The lowest BCUT2D eigenvalue weighted by molar-refractivity contribution is -0.130. The fourth-order valence-corrected chi connectivity index (χ4v) is 4.09. The number of hydrogen-bond acceptors (Lipinski definition) is 1. The van der Waals surface area contributed by atoms with Crippen LogP contribution in [0.5, 0.6) is 0 Å². The summed E-state index contributed by atoms with van der Waals surface area (Å²) >= 11 is 0. The molecule has 1 atom stereocenters. The molecule has 2 heteroatoms. The zero-order valence-electron chi connectivity index (χ0n) is 15.5. The summed E-state index contributed by atoms with van der Waals surface area (Å²) < 4.78 is 0. The molecule has 1 amide bonds. The molecule has 1 saturated heterocycles. The van der Waals surface area contributed by atoms with E-state index in [0.29, 0.717) is 12.3 Å². The highest BCUT2D eigenvalue weighted by molar-refractivity contribution is 5.78. The van der Waals surface area contributed by atoms with Crippen molar-refractivity contribution in [2.75, 3.05) is 13.1 Å². The molecule has 3 aromatic rings. The first-order valence-electron chi connectivity index (χ1n) is 9.74. The summed E-state index contributed by atoms with van der Waals surface area (Å²) in [6.07, 6.45) is 1.58. The topological polar surface area (TPSA) is 20.3 Å². The van der Waals surface area contributed by atoms with Crippen LogP contribution in [0.1, 0.15) is 41.4 Å². The third-order valence-corrected chi connectivity index (χ3v) is 5.59. The number of hydrogen-bond donors (Lipinski definition) is 0. The first-order valence-corrected chi connectivity index (χ1v) is 9.74. The van der Waals surface area contributed by atoms with Crippen molar-refractivity contribution in [3.8, 4) is 0 Å². The number of amides is 1. The van der Waals surface area contributed by atoms with Gasteiger partial charge in [0.15, 0.2) is 0 Å². The summed E-state index contributed by atoms with van der Waals surface area (Å²) in [5.74, 6) is 0.823. The van der Waals surface area contributed by atoms with Crippen molar-refractivity contribution in [3.63, 3.8) is 0 Å². The van der Waals surface area contributed by atoms with Crippen LogP contribution >= 0.6 is 0 Å². The molecule has 1 unspecified atom stereocenters. The van der Waals surface area contributed by atoms with Gasteiger partial charge in [0, 0.05) is 31.3 Å². The lowest BCUT2D eigenvalue weighted by Gasteiger charge is -2.22. The molecule has 1 aliphatic heterocycles. The summed E-state index contributed by atoms with van der Waals surface area (Å²) in [5.41, 5.74) is 3.75. The van der Waals surface area contributed by atoms with Gasteiger partial charge in [0.05, 0.1) is 0 Å². The quantitative estimate of drug-likeness (QED) is 0.614. The Hall–Kier alpha value is -2.87. The number of likely N-dealkylation sites (tertiary alicyclic amines) is 1. The minimum atomic E-state index is 0.107. The van der Waals surface area contributed by atoms with Gasteiger partial charge >= 0.3 is 0 Å². The molecule has 0 aromatic heterocycles. The van der Waals surface area contributed by atoms with Crippen molar-refractivity contribution in [3.05, 3.63) is 108 Å². The van der Waals surface area contributed by atoms with Crippen LogP contribution in [0.15, 0.2) is 91.0 Å². The molecular weight excluding hydrogens is 330 g/mol. The van der Waals surface area contributed by atoms with E-state index in [2.05, 4.69) is 77.7 Å². The van der Waals surface area contributed by atoms with Crippen LogP contribution in [0.4, 0.5) is 0 Å². The lowest BCUT2D eigenvalue weighted by Crippen LogP contribution is -2.30. The molecule has 1 aliphatic rings. The van der Waals surface area contributed by atoms with Crippen LogP contribution in [0.2, 0.25) is 0 Å². The van der Waals surface area contributed by atoms with Crippen molar-refractivity contribution in [2.45, 2.75) is 24.7 Å². The van der Waals surface area contributed by atoms with Gasteiger partial charge in [-0.3, -0.25) is 4.79 Å². The Morgan fingerprint density at radius 1 is 0.815 bits per heavy atom. The second kappa shape index (κ2) is 8.22. The maximum atomic E-state index is 13.1. The molecule has 4 rings (SSSR count). The van der Waals surface area contributed by atoms with Gasteiger partial charge in [0.1, 0.15) is 0 Å². The normalized spacial score (nSPS) is 16.6. The van der Waals surface area contributed by atoms with Crippen LogP contribution in [0.25, 0.3) is 0 Å². The number of rotatable bonds is 5. The SMILES string of the molecule is O=C(CC(c1ccccc1)c1ccccc1)N1CCC(c2ccccc2)C1. The Balaban J connectivity index is 1.49. The zero-order chi connectivity index (χ0) is 18.5. The fourth-order valence-electron chi connectivity index (χ4n) is 4.09. The second-order valence-electron chi connectivity index (χ2n) is 7.31. The Labute approximate surface area is 161 Å². The molecule has 0 saturated carbocycles. The molecule has 0 bridgehead atoms. The Morgan fingerprint density at radius 2 is 1.33 bits per heavy atom. The fraction of sp³-hybridized carbons (Fsp3) is 0.240. The Bertz CT molecular complexity index is 821. The molecule has 27 heavy (non-hydrogen) atoms. The number of benzene rings is 3. The largest absolute Gasteiger partial charge is 0.342 e. The van der Waals surface area contributed by atoms with Crippen molar-refractivity contribution in [1.82, 2.24) is 4.90 Å². The van der Waals surface area contributed by atoms with E-state index in [1.165, 1.54) is 16.7 Å². The van der Waals surface area contributed by atoms with Gasteiger partial charge in [-0.2, -0.15) is 0 Å². The van der Waals surface area contributed by atoms with Gasteiger partial charge in [0.25, 0.3) is 0 Å². The minimum Gasteiger partial charge on any atom is -0.342 e. The average molecular weight is 355 g/mol. The standard InChI is InChI=1S/C25H25NO/c27-25(26-17-16-23(19-26)20-10-4-1-5-11-20)18-24(21-12-6-2-7-13-21)22-14-8-3-9-15-22/h1-15,23-24H,16-19H2. The van der Waals surface area contributed by atoms with E-state index in [1.54, 1.807) is 0 Å². The van der Waals surface area contributed by atoms with E-state index in [1.807, 2.05) is 18.2 Å². The highest BCUT2D eigenvalue weighted by atomic mass is 16.2. The monoisotopic (exact) mass is 355 g/mol. The lowest BCUT2D eigenvalue weighted by atomic mass is 9.88. The van der Waals surface area contributed by atoms with Crippen LogP contribution in [-0.2, 0) is 4.79 Å². The molecule has 0 radical (unpaired) electrons. The van der Waals surface area contributed by atoms with Gasteiger partial charge in [0.2, 0.25) is 5.91 Å². The van der Waals surface area contributed by atoms with Gasteiger partial charge in [-0.1, -0.05) is 91.0 Å². The molecule has 136 valence electrons. The van der Waals surface area contributed by atoms with E-state index in [-0.39, 0.29) is 11.8 Å². The number of nitrogens with zero attached hydrogens (tertiary/aromatic N) is 1. The Morgan fingerprint density at radius 3 is 1.89 bits per heavy atom. The van der Waals surface area contributed by atoms with E-state index in [9.17, 15) is 4.79 Å². The van der Waals surface area contributed by atoms with E-state index in [4.69, 9.17) is 0 Å². The molecule has 2 nitrogen and oxygen atoms in total. The summed E-state index contributed by atoms with van der Waals surface area (Å²) in [4.78, 5) is 15.2. The van der Waals surface area contributed by atoms with Crippen molar-refractivity contribution in [1.29, 1.82) is 0 Å². The molecule has 3 aromatic carbocycles. The summed E-state index contributed by atoms with van der Waals surface area (Å²) in [6, 6.07) is 31.3. The predicted molar refractivity (Wildman–Crippen MR) is 110 cm³/mol. The van der Waals surface area contributed by atoms with Crippen LogP contribution in [0, 0.1) is 0 Å². The van der Waals surface area contributed by atoms with Crippen LogP contribution < -0.4 is 0 Å². The van der Waals surface area contributed by atoms with E-state index in [0.717, 1.165) is 19.5 Å². The van der Waals surface area contributed by atoms with E-state index >= 15 is 0 Å². The van der Waals surface area contributed by atoms with Gasteiger partial charge in [-0.25, -0.2) is 0 Å². The minimum absolute atomic E-state index is 0.107. The number of carbonyl (C=O) groups is 1. The molecule has 0 spiro atoms. The second-order valence-corrected chi connectivity index (χ2v) is 7.31. The summed E-state index contributed by atoms with van der Waals surface area (Å²) in [6.45, 7) is 1.69. The van der Waals surface area contributed by atoms with Crippen molar-refractivity contribution < 1.29 is 4.79 Å². The predicted octanol–water partition coefficient (Wildman–Crippen LogP) is 5.22. The first kappa shape index (κ1) is 17.5. The van der Waals surface area contributed by atoms with E-state index < -0.39 is 0 Å². The zero-order valence-corrected chi connectivity index (χ0v) is 15.5. The highest BCUT2D eigenvalue weighted by Gasteiger charge is 2.29. The Kier molecular flexibility index (Phi) is 5.34. The third kappa shape index (κ3) is 4.11. The van der Waals surface area contributed by atoms with Gasteiger partial charge < -0.3 is 4.90 Å². The third-order valence-electron chi connectivity index (χ3n) is 5.59. The smallest absolute Gasteiger partial charge is 0.223 e. The molecule has 1 heterocycles. The summed E-state index contributed by atoms with van der Waals surface area (Å²) in [7, 11) is 0. The average Bonchev–Trinajstić information content (AvgIpc) is 3.24. The maximum absolute atomic E-state index is 13.1. The maximum Gasteiger partial charge on any atom is 0.223 e. The van der Waals surface area contributed by atoms with Crippen molar-refractivity contribution in [2.24, 2.45) is 0 Å². The van der Waals surface area contributed by atoms with Crippen LogP contribution in [-0.4, -0.2) is 23.9 Å².